The molecule has 0 heterocycles. The van der Waals surface area contributed by atoms with Crippen molar-refractivity contribution in [3.63, 3.8) is 0 Å². The molecule has 0 N–H and O–H groups in total. The molecule has 5 nitrogen and oxygen atoms in total. The standard InChI is InChI=1S/C12H14O5S/c1-4-17-11(13)12(14)18-8-5-6-9(15-2)10(7-8)16-3/h5-7H,4H2,1-3H3. The van der Waals surface area contributed by atoms with Crippen molar-refractivity contribution in [1.82, 2.24) is 0 Å². The lowest BCUT2D eigenvalue weighted by Crippen LogP contribution is -2.13. The summed E-state index contributed by atoms with van der Waals surface area (Å²) in [4.78, 5) is 23.2. The van der Waals surface area contributed by atoms with Crippen molar-refractivity contribution >= 4 is 22.8 Å². The van der Waals surface area contributed by atoms with Gasteiger partial charge in [-0.2, -0.15) is 0 Å². The zero-order valence-electron chi connectivity index (χ0n) is 10.4. The summed E-state index contributed by atoms with van der Waals surface area (Å²) < 4.78 is 14.8. The summed E-state index contributed by atoms with van der Waals surface area (Å²) in [5, 5.41) is -0.663. The first-order valence-electron chi connectivity index (χ1n) is 5.23. The number of ether oxygens (including phenoxy) is 3. The Morgan fingerprint density at radius 2 is 1.83 bits per heavy atom. The number of thioether (sulfide) groups is 1. The van der Waals surface area contributed by atoms with Gasteiger partial charge in [-0.15, -0.1) is 0 Å². The molecule has 0 radical (unpaired) electrons. The second-order valence-electron chi connectivity index (χ2n) is 3.13. The predicted molar refractivity (Wildman–Crippen MR) is 67.0 cm³/mol. The Morgan fingerprint density at radius 1 is 1.17 bits per heavy atom. The highest BCUT2D eigenvalue weighted by Crippen LogP contribution is 2.32. The van der Waals surface area contributed by atoms with Crippen LogP contribution in [-0.4, -0.2) is 31.9 Å². The van der Waals surface area contributed by atoms with E-state index in [0.29, 0.717) is 16.4 Å². The molecule has 1 aromatic carbocycles. The molecule has 6 heteroatoms. The van der Waals surface area contributed by atoms with Gasteiger partial charge in [0.05, 0.1) is 20.8 Å². The van der Waals surface area contributed by atoms with Crippen LogP contribution in [0.2, 0.25) is 0 Å². The van der Waals surface area contributed by atoms with Gasteiger partial charge in [0.25, 0.3) is 0 Å². The molecule has 0 aliphatic rings. The average Bonchev–Trinajstić information content (AvgIpc) is 2.38. The number of carbonyl (C=O) groups is 2. The first kappa shape index (κ1) is 14.4. The molecule has 0 aromatic heterocycles. The molecule has 98 valence electrons. The highest BCUT2D eigenvalue weighted by Gasteiger charge is 2.17. The number of hydrogen-bond donors (Lipinski definition) is 0. The maximum Gasteiger partial charge on any atom is 0.386 e. The molecule has 0 spiro atoms. The van der Waals surface area contributed by atoms with Crippen LogP contribution < -0.4 is 9.47 Å². The van der Waals surface area contributed by atoms with Crippen LogP contribution in [0.25, 0.3) is 0 Å². The van der Waals surface area contributed by atoms with Gasteiger partial charge in [0, 0.05) is 4.90 Å². The maximum absolute atomic E-state index is 11.5. The molecule has 0 fully saturated rings. The van der Waals surface area contributed by atoms with E-state index >= 15 is 0 Å². The van der Waals surface area contributed by atoms with Crippen LogP contribution in [0, 0.1) is 0 Å². The summed E-state index contributed by atoms with van der Waals surface area (Å²) >= 11 is 0.791. The van der Waals surface area contributed by atoms with Gasteiger partial charge in [0.15, 0.2) is 11.5 Å². The summed E-state index contributed by atoms with van der Waals surface area (Å²) in [6.45, 7) is 1.82. The van der Waals surface area contributed by atoms with E-state index in [4.69, 9.17) is 9.47 Å². The number of carbonyl (C=O) groups excluding carboxylic acids is 2. The van der Waals surface area contributed by atoms with Gasteiger partial charge in [0.1, 0.15) is 0 Å². The van der Waals surface area contributed by atoms with E-state index in [1.54, 1.807) is 25.1 Å². The largest absolute Gasteiger partial charge is 0.493 e. The number of hydrogen-bond acceptors (Lipinski definition) is 6. The Balaban J connectivity index is 2.79. The first-order valence-corrected chi connectivity index (χ1v) is 6.05. The highest BCUT2D eigenvalue weighted by atomic mass is 32.2. The van der Waals surface area contributed by atoms with Gasteiger partial charge in [-0.25, -0.2) is 4.79 Å². The van der Waals surface area contributed by atoms with Crippen molar-refractivity contribution in [1.29, 1.82) is 0 Å². The molecule has 0 aliphatic heterocycles. The minimum absolute atomic E-state index is 0.178. The number of methoxy groups -OCH3 is 2. The monoisotopic (exact) mass is 270 g/mol. The predicted octanol–water partition coefficient (Wildman–Crippen LogP) is 1.89. The quantitative estimate of drug-likeness (QED) is 0.473. The summed E-state index contributed by atoms with van der Waals surface area (Å²) in [6.07, 6.45) is 0. The van der Waals surface area contributed by atoms with E-state index in [0.717, 1.165) is 11.8 Å². The fourth-order valence-corrected chi connectivity index (χ4v) is 1.88. The third kappa shape index (κ3) is 3.66. The lowest BCUT2D eigenvalue weighted by atomic mass is 10.3. The van der Waals surface area contributed by atoms with Crippen LogP contribution in [0.1, 0.15) is 6.92 Å². The van der Waals surface area contributed by atoms with Gasteiger partial charge in [-0.1, -0.05) is 0 Å². The second kappa shape index (κ2) is 6.90. The third-order valence-electron chi connectivity index (χ3n) is 2.01. The summed E-state index contributed by atoms with van der Waals surface area (Å²) in [5.41, 5.74) is 0. The van der Waals surface area contributed by atoms with E-state index < -0.39 is 11.1 Å². The van der Waals surface area contributed by atoms with E-state index in [9.17, 15) is 9.59 Å². The zero-order chi connectivity index (χ0) is 13.5. The maximum atomic E-state index is 11.5. The molecule has 0 saturated carbocycles. The fraction of sp³-hybridized carbons (Fsp3) is 0.333. The van der Waals surface area contributed by atoms with E-state index in [-0.39, 0.29) is 6.61 Å². The first-order chi connectivity index (χ1) is 8.62. The van der Waals surface area contributed by atoms with Crippen molar-refractivity contribution in [2.45, 2.75) is 11.8 Å². The Kier molecular flexibility index (Phi) is 5.51. The Labute approximate surface area is 109 Å². The summed E-state index contributed by atoms with van der Waals surface area (Å²) in [5.74, 6) is 0.210. The molecule has 0 unspecified atom stereocenters. The Hall–Kier alpha value is -1.69. The normalized spacial score (nSPS) is 9.72. The van der Waals surface area contributed by atoms with Crippen LogP contribution in [0.5, 0.6) is 11.5 Å². The third-order valence-corrected chi connectivity index (χ3v) is 2.85. The minimum atomic E-state index is -0.850. The smallest absolute Gasteiger partial charge is 0.386 e. The van der Waals surface area contributed by atoms with Crippen LogP contribution in [-0.2, 0) is 14.3 Å². The van der Waals surface area contributed by atoms with Crippen LogP contribution in [0.15, 0.2) is 23.1 Å². The SMILES string of the molecule is CCOC(=O)C(=O)Sc1ccc(OC)c(OC)c1. The molecule has 0 bridgehead atoms. The van der Waals surface area contributed by atoms with Gasteiger partial charge in [0.2, 0.25) is 0 Å². The van der Waals surface area contributed by atoms with Gasteiger partial charge in [-0.3, -0.25) is 4.79 Å². The van der Waals surface area contributed by atoms with Crippen molar-refractivity contribution in [3.8, 4) is 11.5 Å². The topological polar surface area (TPSA) is 61.8 Å². The fourth-order valence-electron chi connectivity index (χ4n) is 1.22. The van der Waals surface area contributed by atoms with Crippen LogP contribution in [0.4, 0.5) is 0 Å². The molecular formula is C12H14O5S. The van der Waals surface area contributed by atoms with Crippen LogP contribution >= 0.6 is 11.8 Å². The van der Waals surface area contributed by atoms with Crippen molar-refractivity contribution < 1.29 is 23.8 Å². The lowest BCUT2D eigenvalue weighted by Gasteiger charge is -2.08. The van der Waals surface area contributed by atoms with E-state index in [1.807, 2.05) is 0 Å². The second-order valence-corrected chi connectivity index (χ2v) is 4.17. The average molecular weight is 270 g/mol. The Bertz CT molecular complexity index is 444. The minimum Gasteiger partial charge on any atom is -0.493 e. The summed E-state index contributed by atoms with van der Waals surface area (Å²) in [6, 6.07) is 4.96. The molecule has 1 rings (SSSR count). The lowest BCUT2D eigenvalue weighted by molar-refractivity contribution is -0.149. The van der Waals surface area contributed by atoms with Crippen molar-refractivity contribution in [3.05, 3.63) is 18.2 Å². The van der Waals surface area contributed by atoms with Crippen molar-refractivity contribution in [2.24, 2.45) is 0 Å². The van der Waals surface area contributed by atoms with Gasteiger partial charge < -0.3 is 14.2 Å². The molecule has 1 aromatic rings. The molecule has 18 heavy (non-hydrogen) atoms. The van der Waals surface area contributed by atoms with Gasteiger partial charge in [-0.05, 0) is 36.9 Å². The number of benzene rings is 1. The molecule has 0 saturated heterocycles. The molecular weight excluding hydrogens is 256 g/mol. The van der Waals surface area contributed by atoms with Crippen molar-refractivity contribution in [2.75, 3.05) is 20.8 Å². The summed E-state index contributed by atoms with van der Waals surface area (Å²) in [7, 11) is 3.02. The van der Waals surface area contributed by atoms with Crippen LogP contribution in [0.3, 0.4) is 0 Å². The molecule has 0 atom stereocenters. The number of esters is 1. The van der Waals surface area contributed by atoms with E-state index in [2.05, 4.69) is 4.74 Å². The molecule has 0 amide bonds. The highest BCUT2D eigenvalue weighted by molar-refractivity contribution is 8.15. The number of rotatable bonds is 4. The molecule has 0 aliphatic carbocycles. The Morgan fingerprint density at radius 3 is 2.39 bits per heavy atom. The zero-order valence-corrected chi connectivity index (χ0v) is 11.2. The van der Waals surface area contributed by atoms with E-state index in [1.165, 1.54) is 14.2 Å². The van der Waals surface area contributed by atoms with Gasteiger partial charge >= 0.3 is 11.1 Å².